The van der Waals surface area contributed by atoms with Gasteiger partial charge in [0.1, 0.15) is 5.75 Å². The normalized spacial score (nSPS) is 27.7. The molecule has 5 atom stereocenters. The van der Waals surface area contributed by atoms with Crippen LogP contribution in [0.15, 0.2) is 36.3 Å². The van der Waals surface area contributed by atoms with Gasteiger partial charge in [0.05, 0.1) is 36.0 Å². The van der Waals surface area contributed by atoms with Crippen LogP contribution in [0.2, 0.25) is 0 Å². The molecule has 2 aromatic carbocycles. The number of carbonyl (C=O) groups is 2. The second-order valence-electron chi connectivity index (χ2n) is 13.9. The Morgan fingerprint density at radius 3 is 2.15 bits per heavy atom. The molecular weight excluding hydrogens is 580 g/mol. The molecule has 0 bridgehead atoms. The summed E-state index contributed by atoms with van der Waals surface area (Å²) in [6, 6.07) is -5.03. The molecule has 2 aliphatic heterocycles. The molecule has 0 radical (unpaired) electrons. The van der Waals surface area contributed by atoms with Crippen LogP contribution in [0, 0.1) is 24.2 Å². The molecule has 2 aliphatic rings. The Hall–Kier alpha value is -3.26. The Morgan fingerprint density at radius 1 is 1.04 bits per heavy atom. The van der Waals surface area contributed by atoms with E-state index in [-0.39, 0.29) is 65.4 Å². The zero-order chi connectivity index (χ0) is 41.0. The fourth-order valence-corrected chi connectivity index (χ4v) is 7.17. The number of likely N-dealkylation sites (tertiary alicyclic amines) is 1. The van der Waals surface area contributed by atoms with Gasteiger partial charge in [0.15, 0.2) is 11.5 Å². The third kappa shape index (κ3) is 6.73. The molecule has 2 aromatic rings. The fraction of sp³-hybridized carbons (Fsp3) is 0.632. The molecule has 1 amide bonds. The van der Waals surface area contributed by atoms with Gasteiger partial charge in [-0.05, 0) is 73.3 Å². The lowest BCUT2D eigenvalue weighted by Crippen LogP contribution is -2.48. The van der Waals surface area contributed by atoms with E-state index in [0.717, 1.165) is 30.6 Å². The minimum absolute atomic E-state index is 0.0107. The first-order chi connectivity index (χ1) is 24.9. The van der Waals surface area contributed by atoms with Gasteiger partial charge in [0.2, 0.25) is 11.7 Å². The molecule has 2 heterocycles. The van der Waals surface area contributed by atoms with Crippen LogP contribution in [-0.4, -0.2) is 65.8 Å². The number of methoxy groups -OCH3 is 1. The van der Waals surface area contributed by atoms with Crippen molar-refractivity contribution in [2.45, 2.75) is 105 Å². The fourth-order valence-electron chi connectivity index (χ4n) is 7.17. The highest BCUT2D eigenvalue weighted by Gasteiger charge is 2.64. The van der Waals surface area contributed by atoms with Crippen LogP contribution in [-0.2, 0) is 15.0 Å². The molecule has 254 valence electrons. The Kier molecular flexibility index (Phi) is 7.76. The van der Waals surface area contributed by atoms with E-state index in [1.807, 2.05) is 27.7 Å². The van der Waals surface area contributed by atoms with E-state index in [0.29, 0.717) is 0 Å². The lowest BCUT2D eigenvalue weighted by atomic mass is 9.59. The monoisotopic (exact) mass is 644 g/mol. The minimum atomic E-state index is -2.96. The predicted octanol–water partition coefficient (Wildman–Crippen LogP) is 7.62. The van der Waals surface area contributed by atoms with Gasteiger partial charge in [-0.1, -0.05) is 65.6 Å². The zero-order valence-corrected chi connectivity index (χ0v) is 29.1. The highest BCUT2D eigenvalue weighted by atomic mass is 16.7. The highest BCUT2D eigenvalue weighted by Crippen LogP contribution is 2.60. The number of benzene rings is 2. The zero-order valence-electron chi connectivity index (χ0n) is 37.1. The molecule has 4 rings (SSSR count). The number of hydrogen-bond acceptors (Lipinski definition) is 6. The quantitative estimate of drug-likeness (QED) is 0.226. The van der Waals surface area contributed by atoms with E-state index in [1.54, 1.807) is 20.8 Å². The number of aliphatic carboxylic acids is 1. The number of carbonyl (C=O) groups excluding carboxylic acids is 1. The summed E-state index contributed by atoms with van der Waals surface area (Å²) in [7, 11) is 1.19. The molecule has 1 fully saturated rings. The summed E-state index contributed by atoms with van der Waals surface area (Å²) in [6.45, 7) is 12.7. The maximum atomic E-state index is 14.8. The van der Waals surface area contributed by atoms with Crippen LogP contribution in [0.5, 0.6) is 17.2 Å². The third-order valence-electron chi connectivity index (χ3n) is 9.66. The predicted molar refractivity (Wildman–Crippen MR) is 182 cm³/mol. The number of carboxylic acids is 1. The van der Waals surface area contributed by atoms with E-state index in [4.69, 9.17) is 21.1 Å². The maximum Gasteiger partial charge on any atom is 0.312 e. The van der Waals surface area contributed by atoms with Crippen LogP contribution in [0.25, 0.3) is 0 Å². The first kappa shape index (κ1) is 25.8. The summed E-state index contributed by atoms with van der Waals surface area (Å²) >= 11 is 0. The van der Waals surface area contributed by atoms with Crippen molar-refractivity contribution in [1.82, 2.24) is 9.80 Å². The van der Waals surface area contributed by atoms with E-state index in [2.05, 4.69) is 0 Å². The SMILES string of the molecule is [2H]c1c([2H])c([C@@H]2N(C([2H])([2H])C(=O)N(CC(C)CCC)CC(C)CCC)C[C@](C)(c3c([2H])c([2H])c4c(c3C)OC(C)(C)O4)[C@@]2(C)C(=O)O)c([2H])c([2H])c1OC. The lowest BCUT2D eigenvalue weighted by Gasteiger charge is -2.41. The molecule has 8 nitrogen and oxygen atoms in total. The van der Waals surface area contributed by atoms with Gasteiger partial charge in [-0.3, -0.25) is 14.5 Å². The van der Waals surface area contributed by atoms with Crippen LogP contribution < -0.4 is 14.2 Å². The number of carboxylic acid groups (broad SMARTS) is 1. The summed E-state index contributed by atoms with van der Waals surface area (Å²) < 4.78 is 90.4. The number of hydrogen-bond donors (Lipinski definition) is 1. The van der Waals surface area contributed by atoms with Crippen LogP contribution >= 0.6 is 0 Å². The second-order valence-corrected chi connectivity index (χ2v) is 13.9. The Morgan fingerprint density at radius 2 is 1.63 bits per heavy atom. The van der Waals surface area contributed by atoms with Gasteiger partial charge in [-0.15, -0.1) is 0 Å². The number of nitrogens with zero attached hydrogens (tertiary/aromatic N) is 2. The van der Waals surface area contributed by atoms with E-state index < -0.39 is 77.3 Å². The Bertz CT molecular complexity index is 1760. The van der Waals surface area contributed by atoms with Crippen molar-refractivity contribution in [3.63, 3.8) is 0 Å². The molecule has 8 heteroatoms. The lowest BCUT2D eigenvalue weighted by molar-refractivity contribution is -0.153. The van der Waals surface area contributed by atoms with Crippen LogP contribution in [0.4, 0.5) is 0 Å². The molecule has 0 aromatic heterocycles. The molecular formula is C38H56N2O6. The average molecular weight is 645 g/mol. The number of rotatable bonds is 14. The van der Waals surface area contributed by atoms with E-state index in [9.17, 15) is 18.8 Å². The topological polar surface area (TPSA) is 88.5 Å². The van der Waals surface area contributed by atoms with Crippen LogP contribution in [0.1, 0.15) is 115 Å². The molecule has 1 saturated heterocycles. The molecule has 46 heavy (non-hydrogen) atoms. The van der Waals surface area contributed by atoms with Gasteiger partial charge in [-0.2, -0.15) is 0 Å². The summed E-state index contributed by atoms with van der Waals surface area (Å²) in [6.07, 6.45) is 3.27. The van der Waals surface area contributed by atoms with E-state index in [1.165, 1.54) is 25.9 Å². The maximum absolute atomic E-state index is 14.8. The average Bonchev–Trinajstić information content (AvgIpc) is 3.54. The van der Waals surface area contributed by atoms with Crippen molar-refractivity contribution >= 4 is 11.9 Å². The van der Waals surface area contributed by atoms with Gasteiger partial charge in [-0.25, -0.2) is 0 Å². The van der Waals surface area contributed by atoms with Gasteiger partial charge < -0.3 is 24.2 Å². The minimum Gasteiger partial charge on any atom is -0.497 e. The molecule has 0 aliphatic carbocycles. The number of amides is 1. The molecule has 2 unspecified atom stereocenters. The first-order valence-electron chi connectivity index (χ1n) is 20.3. The molecule has 0 spiro atoms. The smallest absolute Gasteiger partial charge is 0.312 e. The summed E-state index contributed by atoms with van der Waals surface area (Å²) in [5.41, 5.74) is -4.15. The highest BCUT2D eigenvalue weighted by molar-refractivity contribution is 5.82. The van der Waals surface area contributed by atoms with Crippen molar-refractivity contribution in [2.24, 2.45) is 17.3 Å². The molecule has 1 N–H and O–H groups in total. The standard InChI is InChI=1S/C38H56N2O6/c1-11-13-25(3)21-39(22-26(4)14-12-2)32(41)23-40-24-37(8,30-19-20-31-33(27(30)5)46-36(6,7)45-31)38(9,35(42)43)34(40)28-15-17-29(44-10)18-16-28/h15-20,25-26,34H,11-14,21-24H2,1-10H3,(H,42,43)/t25?,26?,34-,37+,38+/m0/s1/i15D,16D,17D,18D,19D,20D,23D2. The van der Waals surface area contributed by atoms with E-state index >= 15 is 0 Å². The second kappa shape index (κ2) is 13.8. The first-order valence-corrected chi connectivity index (χ1v) is 16.3. The third-order valence-corrected chi connectivity index (χ3v) is 9.66. The number of ether oxygens (including phenoxy) is 3. The molecule has 0 saturated carbocycles. The van der Waals surface area contributed by atoms with Crippen molar-refractivity contribution < 1.29 is 39.9 Å². The Balaban J connectivity index is 2.10. The van der Waals surface area contributed by atoms with Gasteiger partial charge in [0, 0.05) is 38.9 Å². The van der Waals surface area contributed by atoms with Gasteiger partial charge in [0.25, 0.3) is 0 Å². The van der Waals surface area contributed by atoms with Crippen molar-refractivity contribution in [3.05, 3.63) is 52.9 Å². The van der Waals surface area contributed by atoms with Gasteiger partial charge >= 0.3 is 5.97 Å². The van der Waals surface area contributed by atoms with Crippen molar-refractivity contribution in [2.75, 3.05) is 33.2 Å². The summed E-state index contributed by atoms with van der Waals surface area (Å²) in [4.78, 5) is 31.4. The largest absolute Gasteiger partial charge is 0.497 e. The summed E-state index contributed by atoms with van der Waals surface area (Å²) in [5.74, 6) is -3.81. The van der Waals surface area contributed by atoms with Crippen molar-refractivity contribution in [1.29, 1.82) is 0 Å². The Labute approximate surface area is 287 Å². The van der Waals surface area contributed by atoms with Crippen LogP contribution in [0.3, 0.4) is 0 Å². The summed E-state index contributed by atoms with van der Waals surface area (Å²) in [5, 5.41) is 11.4. The van der Waals surface area contributed by atoms with Crippen molar-refractivity contribution in [3.8, 4) is 17.2 Å². The number of fused-ring (bicyclic) bond motifs is 1.